The summed E-state index contributed by atoms with van der Waals surface area (Å²) in [7, 11) is 0. The van der Waals surface area contributed by atoms with Gasteiger partial charge < -0.3 is 14.5 Å². The van der Waals surface area contributed by atoms with E-state index < -0.39 is 0 Å². The Kier molecular flexibility index (Phi) is 4.27. The lowest BCUT2D eigenvalue weighted by Crippen LogP contribution is -2.26. The van der Waals surface area contributed by atoms with Gasteiger partial charge in [-0.25, -0.2) is 0 Å². The minimum Gasteiger partial charge on any atom is -0.426 e. The molecule has 1 amide bonds. The fourth-order valence-electron chi connectivity index (χ4n) is 2.18. The molecule has 7 heteroatoms. The van der Waals surface area contributed by atoms with Crippen LogP contribution < -0.4 is 10.1 Å². The van der Waals surface area contributed by atoms with Crippen molar-refractivity contribution in [2.75, 3.05) is 6.54 Å². The van der Waals surface area contributed by atoms with Crippen LogP contribution in [0.5, 0.6) is 11.8 Å². The average molecular weight is 314 g/mol. The molecule has 23 heavy (non-hydrogen) atoms. The molecule has 0 bridgehead atoms. The highest BCUT2D eigenvalue weighted by Gasteiger charge is 2.22. The van der Waals surface area contributed by atoms with Gasteiger partial charge in [-0.05, 0) is 25.5 Å². The SMILES string of the molecule is CCCCNC(=O)c1c(C)oc2nc(Oc3ccccc3)nn12. The Morgan fingerprint density at radius 3 is 2.87 bits per heavy atom. The molecule has 2 heterocycles. The Bertz CT molecular complexity index is 807. The normalized spacial score (nSPS) is 10.9. The summed E-state index contributed by atoms with van der Waals surface area (Å²) in [5, 5.41) is 7.06. The predicted octanol–water partition coefficient (Wildman–Crippen LogP) is 2.95. The van der Waals surface area contributed by atoms with Gasteiger partial charge in [0.2, 0.25) is 0 Å². The van der Waals surface area contributed by atoms with Gasteiger partial charge in [-0.2, -0.15) is 4.52 Å². The summed E-state index contributed by atoms with van der Waals surface area (Å²) < 4.78 is 12.4. The van der Waals surface area contributed by atoms with E-state index in [9.17, 15) is 4.79 Å². The Balaban J connectivity index is 1.84. The van der Waals surface area contributed by atoms with Crippen molar-refractivity contribution >= 4 is 11.8 Å². The molecule has 0 unspecified atom stereocenters. The molecule has 0 radical (unpaired) electrons. The topological polar surface area (TPSA) is 81.7 Å². The van der Waals surface area contributed by atoms with Crippen molar-refractivity contribution in [3.05, 3.63) is 41.8 Å². The van der Waals surface area contributed by atoms with E-state index >= 15 is 0 Å². The number of hydrogen-bond donors (Lipinski definition) is 1. The van der Waals surface area contributed by atoms with Crippen LogP contribution in [0.4, 0.5) is 0 Å². The highest BCUT2D eigenvalue weighted by molar-refractivity contribution is 5.93. The third-order valence-corrected chi connectivity index (χ3v) is 3.33. The van der Waals surface area contributed by atoms with E-state index in [0.717, 1.165) is 12.8 Å². The number of rotatable bonds is 6. The molecule has 1 N–H and O–H groups in total. The van der Waals surface area contributed by atoms with Crippen LogP contribution in [0.15, 0.2) is 34.7 Å². The molecular weight excluding hydrogens is 296 g/mol. The maximum absolute atomic E-state index is 12.3. The average Bonchev–Trinajstić information content (AvgIpc) is 3.04. The predicted molar refractivity (Wildman–Crippen MR) is 83.7 cm³/mol. The van der Waals surface area contributed by atoms with Crippen molar-refractivity contribution in [2.45, 2.75) is 26.7 Å². The summed E-state index contributed by atoms with van der Waals surface area (Å²) in [5.74, 6) is 1.09. The van der Waals surface area contributed by atoms with E-state index in [-0.39, 0.29) is 17.8 Å². The zero-order valence-electron chi connectivity index (χ0n) is 13.1. The van der Waals surface area contributed by atoms with E-state index in [4.69, 9.17) is 9.15 Å². The molecule has 0 saturated heterocycles. The maximum Gasteiger partial charge on any atom is 0.344 e. The number of carbonyl (C=O) groups is 1. The lowest BCUT2D eigenvalue weighted by Gasteiger charge is -2.02. The zero-order valence-corrected chi connectivity index (χ0v) is 13.1. The second kappa shape index (κ2) is 6.51. The number of carbonyl (C=O) groups excluding carboxylic acids is 1. The number of fused-ring (bicyclic) bond motifs is 1. The van der Waals surface area contributed by atoms with Gasteiger partial charge in [0.05, 0.1) is 0 Å². The van der Waals surface area contributed by atoms with Crippen molar-refractivity contribution in [1.82, 2.24) is 19.9 Å². The quantitative estimate of drug-likeness (QED) is 0.707. The molecule has 0 saturated carbocycles. The second-order valence-electron chi connectivity index (χ2n) is 5.12. The number of aryl methyl sites for hydroxylation is 1. The lowest BCUT2D eigenvalue weighted by atomic mass is 10.3. The lowest BCUT2D eigenvalue weighted by molar-refractivity contribution is 0.0944. The van der Waals surface area contributed by atoms with Gasteiger partial charge in [0.25, 0.3) is 5.91 Å². The van der Waals surface area contributed by atoms with E-state index in [2.05, 4.69) is 22.3 Å². The van der Waals surface area contributed by atoms with Crippen molar-refractivity contribution in [1.29, 1.82) is 0 Å². The summed E-state index contributed by atoms with van der Waals surface area (Å²) in [6.07, 6.45) is 1.93. The third kappa shape index (κ3) is 3.18. The number of nitrogens with zero attached hydrogens (tertiary/aromatic N) is 3. The summed E-state index contributed by atoms with van der Waals surface area (Å²) in [4.78, 5) is 16.4. The maximum atomic E-state index is 12.3. The number of ether oxygens (including phenoxy) is 1. The molecule has 7 nitrogen and oxygen atoms in total. The van der Waals surface area contributed by atoms with Crippen LogP contribution in [-0.4, -0.2) is 27.0 Å². The molecule has 0 spiro atoms. The second-order valence-corrected chi connectivity index (χ2v) is 5.12. The largest absolute Gasteiger partial charge is 0.426 e. The van der Waals surface area contributed by atoms with Gasteiger partial charge >= 0.3 is 11.9 Å². The van der Waals surface area contributed by atoms with Crippen molar-refractivity contribution in [3.8, 4) is 11.8 Å². The first-order valence-corrected chi connectivity index (χ1v) is 7.56. The van der Waals surface area contributed by atoms with E-state index in [1.807, 2.05) is 18.2 Å². The molecule has 3 aromatic rings. The van der Waals surface area contributed by atoms with Crippen LogP contribution in [0.25, 0.3) is 5.84 Å². The Hall–Kier alpha value is -2.83. The molecule has 120 valence electrons. The number of benzene rings is 1. The summed E-state index contributed by atoms with van der Waals surface area (Å²) >= 11 is 0. The van der Waals surface area contributed by atoms with Crippen LogP contribution in [0.1, 0.15) is 36.0 Å². The highest BCUT2D eigenvalue weighted by Crippen LogP contribution is 2.21. The van der Waals surface area contributed by atoms with Gasteiger partial charge in [0.15, 0.2) is 5.69 Å². The summed E-state index contributed by atoms with van der Waals surface area (Å²) in [6.45, 7) is 4.39. The molecule has 0 aliphatic rings. The first-order chi connectivity index (χ1) is 11.2. The number of para-hydroxylation sites is 1. The van der Waals surface area contributed by atoms with Crippen LogP contribution in [0, 0.1) is 6.92 Å². The van der Waals surface area contributed by atoms with Gasteiger partial charge in [0, 0.05) is 6.54 Å². The number of oxazole rings is 1. The summed E-state index contributed by atoms with van der Waals surface area (Å²) in [6, 6.07) is 9.33. The standard InChI is InChI=1S/C16H18N4O3/c1-3-4-10-17-14(21)13-11(2)22-16-18-15(19-20(13)16)23-12-8-6-5-7-9-12/h5-9H,3-4,10H2,1-2H3,(H,17,21). The van der Waals surface area contributed by atoms with E-state index in [0.29, 0.717) is 23.7 Å². The number of nitrogens with one attached hydrogen (secondary N) is 1. The van der Waals surface area contributed by atoms with Crippen LogP contribution in [-0.2, 0) is 0 Å². The molecule has 2 aromatic heterocycles. The number of aromatic nitrogens is 3. The van der Waals surface area contributed by atoms with Crippen molar-refractivity contribution in [2.24, 2.45) is 0 Å². The number of amides is 1. The number of unbranched alkanes of at least 4 members (excludes halogenated alkanes) is 1. The molecule has 1 aromatic carbocycles. The van der Waals surface area contributed by atoms with Crippen molar-refractivity contribution < 1.29 is 13.9 Å². The van der Waals surface area contributed by atoms with Crippen LogP contribution in [0.3, 0.4) is 0 Å². The monoisotopic (exact) mass is 314 g/mol. The van der Waals surface area contributed by atoms with E-state index in [1.165, 1.54) is 4.52 Å². The molecule has 0 fully saturated rings. The molecule has 0 atom stereocenters. The van der Waals surface area contributed by atoms with Gasteiger partial charge in [-0.1, -0.05) is 31.5 Å². The Labute approximate surface area is 133 Å². The molecule has 0 aliphatic carbocycles. The fourth-order valence-corrected chi connectivity index (χ4v) is 2.18. The Morgan fingerprint density at radius 1 is 1.35 bits per heavy atom. The molecular formula is C16H18N4O3. The van der Waals surface area contributed by atoms with Crippen molar-refractivity contribution in [3.63, 3.8) is 0 Å². The molecule has 3 rings (SSSR count). The third-order valence-electron chi connectivity index (χ3n) is 3.33. The minimum atomic E-state index is -0.231. The highest BCUT2D eigenvalue weighted by atomic mass is 16.5. The molecule has 0 aliphatic heterocycles. The number of hydrogen-bond acceptors (Lipinski definition) is 5. The van der Waals surface area contributed by atoms with Gasteiger partial charge in [-0.3, -0.25) is 4.79 Å². The zero-order chi connectivity index (χ0) is 16.2. The van der Waals surface area contributed by atoms with Crippen LogP contribution >= 0.6 is 0 Å². The Morgan fingerprint density at radius 2 is 2.13 bits per heavy atom. The van der Waals surface area contributed by atoms with E-state index in [1.54, 1.807) is 19.1 Å². The van der Waals surface area contributed by atoms with Gasteiger partial charge in [-0.15, -0.1) is 10.1 Å². The van der Waals surface area contributed by atoms with Gasteiger partial charge in [0.1, 0.15) is 11.5 Å². The first kappa shape index (κ1) is 15.1. The smallest absolute Gasteiger partial charge is 0.344 e. The minimum absolute atomic E-state index is 0.137. The fraction of sp³-hybridized carbons (Fsp3) is 0.312. The summed E-state index contributed by atoms with van der Waals surface area (Å²) in [5.41, 5.74) is 0.339. The first-order valence-electron chi connectivity index (χ1n) is 7.56. The van der Waals surface area contributed by atoms with Crippen LogP contribution in [0.2, 0.25) is 0 Å².